The van der Waals surface area contributed by atoms with E-state index in [0.717, 1.165) is 23.1 Å². The van der Waals surface area contributed by atoms with Crippen LogP contribution in [0.2, 0.25) is 0 Å². The first-order chi connectivity index (χ1) is 23.5. The molecule has 0 saturated carbocycles. The minimum absolute atomic E-state index is 0.133. The number of benzene rings is 2. The third-order valence-corrected chi connectivity index (χ3v) is 8.53. The van der Waals surface area contributed by atoms with Crippen LogP contribution in [0.15, 0.2) is 29.3 Å². The number of carbonyl (C=O) groups excluding carboxylic acids is 1. The Hall–Kier alpha value is -4.55. The van der Waals surface area contributed by atoms with Gasteiger partial charge in [0, 0.05) is 24.2 Å². The zero-order chi connectivity index (χ0) is 34.8. The van der Waals surface area contributed by atoms with Gasteiger partial charge in [0.1, 0.15) is 48.9 Å². The van der Waals surface area contributed by atoms with Gasteiger partial charge in [-0.3, -0.25) is 19.4 Å². The quantitative estimate of drug-likeness (QED) is 0.0527. The molecule has 0 amide bonds. The summed E-state index contributed by atoms with van der Waals surface area (Å²) in [5.74, 6) is 0.522. The lowest BCUT2D eigenvalue weighted by Crippen LogP contribution is -2.62. The number of nitrogens with two attached hydrogens (primary N) is 1. The van der Waals surface area contributed by atoms with Crippen LogP contribution < -0.4 is 35.0 Å². The molecule has 0 aromatic heterocycles. The van der Waals surface area contributed by atoms with Gasteiger partial charge in [0.2, 0.25) is 12.8 Å². The van der Waals surface area contributed by atoms with Crippen LogP contribution in [-0.2, 0) is 35.2 Å². The maximum atomic E-state index is 11.8. The highest BCUT2D eigenvalue weighted by molar-refractivity contribution is 5.90. The van der Waals surface area contributed by atoms with E-state index in [-0.39, 0.29) is 24.4 Å². The number of aliphatic imine (C=N–C) groups is 1. The van der Waals surface area contributed by atoms with Gasteiger partial charge in [0.05, 0.1) is 12.5 Å². The first-order valence-electron chi connectivity index (χ1n) is 15.8. The van der Waals surface area contributed by atoms with E-state index in [4.69, 9.17) is 53.9 Å². The molecule has 2 aromatic rings. The number of ether oxygens (including phenoxy) is 6. The molecule has 17 nitrogen and oxygen atoms in total. The third-order valence-electron chi connectivity index (χ3n) is 8.53. The van der Waals surface area contributed by atoms with E-state index in [2.05, 4.69) is 24.3 Å². The molecule has 0 spiro atoms. The summed E-state index contributed by atoms with van der Waals surface area (Å²) in [6, 6.07) is 7.23. The summed E-state index contributed by atoms with van der Waals surface area (Å²) in [6.07, 6.45) is -7.38. The average Bonchev–Trinajstić information content (AvgIpc) is 3.68. The lowest BCUT2D eigenvalue weighted by Gasteiger charge is -2.40. The number of carboxylic acid groups (broad SMARTS) is 1. The van der Waals surface area contributed by atoms with E-state index in [1.165, 1.54) is 7.05 Å². The fraction of sp³-hybridized carbons (Fsp3) is 0.531. The van der Waals surface area contributed by atoms with Gasteiger partial charge in [-0.25, -0.2) is 5.48 Å². The predicted molar refractivity (Wildman–Crippen MR) is 165 cm³/mol. The Morgan fingerprint density at radius 2 is 1.84 bits per heavy atom. The molecule has 1 saturated heterocycles. The number of fused-ring (bicyclic) bond motifs is 6. The monoisotopic (exact) mass is 689 g/mol. The fourth-order valence-electron chi connectivity index (χ4n) is 6.01. The number of aliphatic hydroxyl groups excluding tert-OH is 2. The Morgan fingerprint density at radius 3 is 2.57 bits per heavy atom. The highest BCUT2D eigenvalue weighted by atomic mass is 17.2. The van der Waals surface area contributed by atoms with Crippen molar-refractivity contribution in [3.8, 4) is 28.7 Å². The maximum Gasteiger partial charge on any atom is 0.317 e. The normalized spacial score (nSPS) is 26.6. The van der Waals surface area contributed by atoms with Crippen molar-refractivity contribution in [3.63, 3.8) is 0 Å². The highest BCUT2D eigenvalue weighted by Crippen LogP contribution is 2.55. The molecule has 0 radical (unpaired) electrons. The molecule has 49 heavy (non-hydrogen) atoms. The van der Waals surface area contributed by atoms with Gasteiger partial charge in [-0.15, -0.1) is 0 Å². The molecule has 7 unspecified atom stereocenters. The maximum absolute atomic E-state index is 11.8. The van der Waals surface area contributed by atoms with E-state index in [9.17, 15) is 19.8 Å². The molecule has 6 rings (SSSR count). The third kappa shape index (κ3) is 7.40. The largest absolute Gasteiger partial charge is 0.492 e. The first kappa shape index (κ1) is 34.3. The fourth-order valence-corrected chi connectivity index (χ4v) is 6.01. The first-order valence-corrected chi connectivity index (χ1v) is 15.8. The number of nitrogens with zero attached hydrogens (tertiary/aromatic N) is 1. The number of carbonyl (C=O) groups is 2. The molecule has 1 fully saturated rings. The lowest BCUT2D eigenvalue weighted by molar-refractivity contribution is -0.372. The second-order valence-electron chi connectivity index (χ2n) is 12.4. The van der Waals surface area contributed by atoms with E-state index in [1.807, 2.05) is 12.1 Å². The van der Waals surface area contributed by atoms with Crippen LogP contribution in [0, 0.1) is 5.92 Å². The number of guanidine groups is 1. The van der Waals surface area contributed by atoms with E-state index in [1.54, 1.807) is 12.1 Å². The molecule has 7 atom stereocenters. The molecule has 4 aliphatic rings. The number of carboxylic acids is 1. The minimum atomic E-state index is -1.78. The Balaban J connectivity index is 1.23. The number of aliphatic carboxylic acids is 1. The van der Waals surface area contributed by atoms with E-state index in [0.29, 0.717) is 41.9 Å². The molecule has 4 aliphatic heterocycles. The van der Waals surface area contributed by atoms with Crippen molar-refractivity contribution in [2.24, 2.45) is 16.6 Å². The van der Waals surface area contributed by atoms with Gasteiger partial charge in [0.15, 0.2) is 29.6 Å². The van der Waals surface area contributed by atoms with Gasteiger partial charge in [-0.1, -0.05) is 13.8 Å². The number of hydroxylamine groups is 1. The van der Waals surface area contributed by atoms with E-state index >= 15 is 0 Å². The van der Waals surface area contributed by atoms with Gasteiger partial charge in [-0.05, 0) is 42.5 Å². The molecule has 0 aliphatic carbocycles. The predicted octanol–water partition coefficient (Wildman–Crippen LogP) is 1.22. The summed E-state index contributed by atoms with van der Waals surface area (Å²) < 4.78 is 34.3. The minimum Gasteiger partial charge on any atom is -0.492 e. The number of hydrogen-bond acceptors (Lipinski definition) is 14. The number of esters is 1. The second-order valence-corrected chi connectivity index (χ2v) is 12.4. The second kappa shape index (κ2) is 14.5. The molecule has 266 valence electrons. The Labute approximate surface area is 280 Å². The zero-order valence-corrected chi connectivity index (χ0v) is 27.0. The van der Waals surface area contributed by atoms with Crippen LogP contribution in [0.4, 0.5) is 0 Å². The zero-order valence-electron chi connectivity index (χ0n) is 27.0. The van der Waals surface area contributed by atoms with Crippen molar-refractivity contribution >= 4 is 17.9 Å². The van der Waals surface area contributed by atoms with Gasteiger partial charge < -0.3 is 54.4 Å². The number of hydrogen-bond donors (Lipinski definition) is 5. The van der Waals surface area contributed by atoms with Crippen molar-refractivity contribution in [3.05, 3.63) is 41.0 Å². The number of aryl methyl sites for hydroxylation is 1. The number of nitrogens with one attached hydrogen (secondary N) is 1. The van der Waals surface area contributed by atoms with E-state index < -0.39 is 61.8 Å². The molecule has 4 heterocycles. The molecule has 17 heteroatoms. The summed E-state index contributed by atoms with van der Waals surface area (Å²) in [6.45, 7) is 4.18. The topological polar surface area (TPSA) is 228 Å². The van der Waals surface area contributed by atoms with Gasteiger partial charge in [0.25, 0.3) is 0 Å². The summed E-state index contributed by atoms with van der Waals surface area (Å²) >= 11 is 0. The van der Waals surface area contributed by atoms with Crippen molar-refractivity contribution in [1.29, 1.82) is 0 Å². The molecular formula is C32H39N3O14. The number of aliphatic hydroxyl groups is 2. The van der Waals surface area contributed by atoms with Crippen LogP contribution in [-0.4, -0.2) is 91.0 Å². The highest BCUT2D eigenvalue weighted by Gasteiger charge is 2.49. The van der Waals surface area contributed by atoms with Crippen LogP contribution >= 0.6 is 0 Å². The Bertz CT molecular complexity index is 1580. The Morgan fingerprint density at radius 1 is 1.06 bits per heavy atom. The standard InChI is InChI=1S/C32H39N3O14/c1-14(2)4-5-15-6-16(7-18-27(15)42-11-19-17-8-21-22(44-13-43-21)9-20(17)45-28(18)19)48-49-30-29(47-35-32(33)34-3)26(39)23(46-31(30)40)12-41-25(38)10-24(36)37/h6-9,14,19,23,26,28-31,39-40H,4-5,10-13H2,1-3H3,(H,36,37)(H3,33,34,35). The van der Waals surface area contributed by atoms with Gasteiger partial charge >= 0.3 is 11.9 Å². The summed E-state index contributed by atoms with van der Waals surface area (Å²) in [4.78, 5) is 43.3. The average molecular weight is 690 g/mol. The van der Waals surface area contributed by atoms with Crippen molar-refractivity contribution in [1.82, 2.24) is 5.48 Å². The van der Waals surface area contributed by atoms with Crippen molar-refractivity contribution in [2.75, 3.05) is 27.1 Å². The SMILES string of the molecule is CN=C(N)NOC1C(O)C(COC(=O)CC(=O)O)OC(O)C1OOc1cc(CCC(C)C)c2c(c1)C1Oc3cc4c(cc3C1CO2)OCO4. The summed E-state index contributed by atoms with van der Waals surface area (Å²) in [7, 11) is 1.39. The number of rotatable bonds is 12. The Kier molecular flexibility index (Phi) is 10.2. The molecule has 0 bridgehead atoms. The van der Waals surface area contributed by atoms with Gasteiger partial charge in [-0.2, -0.15) is 4.89 Å². The lowest BCUT2D eigenvalue weighted by atomic mass is 9.87. The van der Waals surface area contributed by atoms with Crippen molar-refractivity contribution in [2.45, 2.75) is 75.8 Å². The van der Waals surface area contributed by atoms with Crippen LogP contribution in [0.5, 0.6) is 28.7 Å². The van der Waals surface area contributed by atoms with Crippen LogP contribution in [0.25, 0.3) is 0 Å². The van der Waals surface area contributed by atoms with Crippen molar-refractivity contribution < 1.29 is 67.9 Å². The smallest absolute Gasteiger partial charge is 0.317 e. The summed E-state index contributed by atoms with van der Waals surface area (Å²) in [5, 5.41) is 30.8. The molecular weight excluding hydrogens is 650 g/mol. The molecule has 6 N–H and O–H groups in total. The molecule has 2 aromatic carbocycles. The summed E-state index contributed by atoms with van der Waals surface area (Å²) in [5.41, 5.74) is 10.6. The van der Waals surface area contributed by atoms with Crippen LogP contribution in [0.1, 0.15) is 55.4 Å². The van der Waals surface area contributed by atoms with Crippen LogP contribution in [0.3, 0.4) is 0 Å².